The molecule has 3 N–H and O–H groups in total. The van der Waals surface area contributed by atoms with Crippen molar-refractivity contribution < 1.29 is 5.11 Å². The number of fused-ring (bicyclic) bond motifs is 1. The summed E-state index contributed by atoms with van der Waals surface area (Å²) in [6, 6.07) is 5.92. The number of azo groups is 1. The topological polar surface area (TPSA) is 72.8 Å². The van der Waals surface area contributed by atoms with Crippen LogP contribution in [0.25, 0.3) is 10.9 Å². The highest BCUT2D eigenvalue weighted by Gasteiger charge is 2.10. The molecule has 0 aliphatic rings. The Balaban J connectivity index is 2.51. The first-order valence-corrected chi connectivity index (χ1v) is 6.03. The Labute approximate surface area is 110 Å². The van der Waals surface area contributed by atoms with Crippen LogP contribution in [-0.2, 0) is 6.42 Å². The summed E-state index contributed by atoms with van der Waals surface area (Å²) in [7, 11) is 1.67. The van der Waals surface area contributed by atoms with E-state index in [9.17, 15) is 5.11 Å². The second kappa shape index (κ2) is 5.14. The molecule has 1 aromatic carbocycles. The van der Waals surface area contributed by atoms with Crippen LogP contribution in [0.5, 0.6) is 5.88 Å². The first-order chi connectivity index (χ1) is 8.65. The van der Waals surface area contributed by atoms with Gasteiger partial charge in [-0.1, -0.05) is 13.0 Å². The van der Waals surface area contributed by atoms with Gasteiger partial charge in [0.15, 0.2) is 5.69 Å². The fraction of sp³-hybridized carbons (Fsp3) is 0.250. The molecular weight excluding hydrogens is 248 g/mol. The molecule has 18 heavy (non-hydrogen) atoms. The minimum atomic E-state index is 0.000839. The van der Waals surface area contributed by atoms with Crippen molar-refractivity contribution in [3.63, 3.8) is 0 Å². The predicted molar refractivity (Wildman–Crippen MR) is 75.5 cm³/mol. The Kier molecular flexibility index (Phi) is 3.57. The molecule has 0 saturated heterocycles. The molecule has 0 aliphatic carbocycles. The average Bonchev–Trinajstić information content (AvgIpc) is 2.70. The van der Waals surface area contributed by atoms with Gasteiger partial charge in [0.1, 0.15) is 0 Å². The second-order valence-corrected chi connectivity index (χ2v) is 4.20. The predicted octanol–water partition coefficient (Wildman–Crippen LogP) is 3.02. The first-order valence-electron chi connectivity index (χ1n) is 5.62. The van der Waals surface area contributed by atoms with Crippen molar-refractivity contribution >= 4 is 33.9 Å². The molecule has 0 amide bonds. The van der Waals surface area contributed by atoms with Gasteiger partial charge < -0.3 is 15.4 Å². The molecule has 1 heterocycles. The van der Waals surface area contributed by atoms with Gasteiger partial charge in [-0.15, -0.1) is 10.2 Å². The van der Waals surface area contributed by atoms with Crippen molar-refractivity contribution in [2.45, 2.75) is 13.3 Å². The zero-order valence-corrected chi connectivity index (χ0v) is 11.0. The minimum absolute atomic E-state index is 0.000839. The maximum Gasteiger partial charge on any atom is 0.218 e. The highest BCUT2D eigenvalue weighted by atomic mass is 32.1. The van der Waals surface area contributed by atoms with Crippen LogP contribution < -0.4 is 5.32 Å². The Hall–Kier alpha value is -1.95. The summed E-state index contributed by atoms with van der Waals surface area (Å²) in [5.41, 5.74) is 2.42. The lowest BCUT2D eigenvalue weighted by Gasteiger charge is -1.97. The first kappa shape index (κ1) is 12.5. The van der Waals surface area contributed by atoms with E-state index in [0.717, 1.165) is 17.3 Å². The van der Waals surface area contributed by atoms with Crippen LogP contribution in [0.3, 0.4) is 0 Å². The number of nitrogens with zero attached hydrogens (tertiary/aromatic N) is 2. The molecule has 94 valence electrons. The molecule has 0 fully saturated rings. The van der Waals surface area contributed by atoms with E-state index < -0.39 is 0 Å². The third-order valence-electron chi connectivity index (χ3n) is 2.68. The van der Waals surface area contributed by atoms with E-state index in [0.29, 0.717) is 5.69 Å². The van der Waals surface area contributed by atoms with E-state index in [1.54, 1.807) is 7.05 Å². The molecule has 0 bridgehead atoms. The molecule has 2 rings (SSSR count). The van der Waals surface area contributed by atoms with Crippen LogP contribution >= 0.6 is 12.2 Å². The van der Waals surface area contributed by atoms with Crippen molar-refractivity contribution in [2.24, 2.45) is 10.2 Å². The van der Waals surface area contributed by atoms with Crippen molar-refractivity contribution in [3.05, 3.63) is 23.8 Å². The number of aryl methyl sites for hydroxylation is 1. The van der Waals surface area contributed by atoms with E-state index in [-0.39, 0.29) is 11.0 Å². The molecule has 0 radical (unpaired) electrons. The van der Waals surface area contributed by atoms with E-state index in [1.165, 1.54) is 5.56 Å². The smallest absolute Gasteiger partial charge is 0.218 e. The van der Waals surface area contributed by atoms with Gasteiger partial charge in [0.05, 0.1) is 5.52 Å². The van der Waals surface area contributed by atoms with Crippen molar-refractivity contribution in [3.8, 4) is 5.88 Å². The zero-order valence-electron chi connectivity index (χ0n) is 10.2. The SMILES string of the molecule is CCc1ccc2[nH]c(O)c(N=NC(=S)NC)c2c1. The molecule has 0 saturated carbocycles. The number of H-pyrrole nitrogens is 1. The van der Waals surface area contributed by atoms with E-state index in [1.807, 2.05) is 18.2 Å². The molecule has 0 spiro atoms. The normalized spacial score (nSPS) is 11.2. The van der Waals surface area contributed by atoms with Crippen LogP contribution in [0.4, 0.5) is 5.69 Å². The standard InChI is InChI=1S/C12H14N4OS/c1-3-7-4-5-9-8(6-7)10(11(17)14-9)15-16-12(18)13-2/h4-6,14,17H,3H2,1-2H3,(H,13,18). The summed E-state index contributed by atoms with van der Waals surface area (Å²) in [5, 5.41) is 21.4. The number of thiocarbonyl (C=S) groups is 1. The lowest BCUT2D eigenvalue weighted by atomic mass is 10.1. The van der Waals surface area contributed by atoms with Crippen LogP contribution in [0, 0.1) is 0 Å². The number of hydrogen-bond donors (Lipinski definition) is 3. The van der Waals surface area contributed by atoms with Crippen molar-refractivity contribution in [1.82, 2.24) is 10.3 Å². The van der Waals surface area contributed by atoms with Crippen LogP contribution in [0.2, 0.25) is 0 Å². The monoisotopic (exact) mass is 262 g/mol. The fourth-order valence-corrected chi connectivity index (χ4v) is 1.72. The van der Waals surface area contributed by atoms with Crippen molar-refractivity contribution in [2.75, 3.05) is 7.05 Å². The number of rotatable bonds is 2. The molecular formula is C12H14N4OS. The summed E-state index contributed by atoms with van der Waals surface area (Å²) in [4.78, 5) is 2.86. The number of nitrogens with one attached hydrogen (secondary N) is 2. The van der Waals surface area contributed by atoms with Gasteiger partial charge in [0, 0.05) is 12.4 Å². The summed E-state index contributed by atoms with van der Waals surface area (Å²) >= 11 is 4.88. The summed E-state index contributed by atoms with van der Waals surface area (Å²) in [6.07, 6.45) is 0.924. The van der Waals surface area contributed by atoms with Crippen LogP contribution in [0.1, 0.15) is 12.5 Å². The van der Waals surface area contributed by atoms with Gasteiger partial charge in [-0.2, -0.15) is 0 Å². The van der Waals surface area contributed by atoms with E-state index in [2.05, 4.69) is 27.5 Å². The van der Waals surface area contributed by atoms with E-state index >= 15 is 0 Å². The number of aromatic nitrogens is 1. The number of aromatic hydroxyl groups is 1. The fourth-order valence-electron chi connectivity index (χ4n) is 1.68. The largest absolute Gasteiger partial charge is 0.493 e. The molecule has 0 aliphatic heterocycles. The highest BCUT2D eigenvalue weighted by Crippen LogP contribution is 2.35. The zero-order chi connectivity index (χ0) is 13.1. The summed E-state index contributed by atoms with van der Waals surface area (Å²) in [5.74, 6) is 0.000839. The second-order valence-electron chi connectivity index (χ2n) is 3.81. The number of benzene rings is 1. The van der Waals surface area contributed by atoms with Crippen LogP contribution in [0.15, 0.2) is 28.4 Å². The maximum absolute atomic E-state index is 9.81. The number of hydrogen-bond acceptors (Lipinski definition) is 3. The summed E-state index contributed by atoms with van der Waals surface area (Å²) < 4.78 is 0. The highest BCUT2D eigenvalue weighted by molar-refractivity contribution is 7.80. The van der Waals surface area contributed by atoms with Gasteiger partial charge in [-0.3, -0.25) is 0 Å². The Morgan fingerprint density at radius 2 is 2.28 bits per heavy atom. The Bertz CT molecular complexity index is 618. The third kappa shape index (κ3) is 2.33. The lowest BCUT2D eigenvalue weighted by molar-refractivity contribution is 0.459. The molecule has 6 heteroatoms. The number of aromatic amines is 1. The lowest BCUT2D eigenvalue weighted by Crippen LogP contribution is -2.11. The maximum atomic E-state index is 9.81. The third-order valence-corrected chi connectivity index (χ3v) is 2.97. The van der Waals surface area contributed by atoms with Gasteiger partial charge in [-0.25, -0.2) is 0 Å². The van der Waals surface area contributed by atoms with Gasteiger partial charge in [0.2, 0.25) is 11.0 Å². The van der Waals surface area contributed by atoms with Gasteiger partial charge >= 0.3 is 0 Å². The van der Waals surface area contributed by atoms with Crippen molar-refractivity contribution in [1.29, 1.82) is 0 Å². The Morgan fingerprint density at radius 1 is 1.50 bits per heavy atom. The van der Waals surface area contributed by atoms with E-state index in [4.69, 9.17) is 12.2 Å². The van der Waals surface area contributed by atoms with Gasteiger partial charge in [-0.05, 0) is 36.3 Å². The van der Waals surface area contributed by atoms with Crippen LogP contribution in [-0.4, -0.2) is 22.3 Å². The average molecular weight is 262 g/mol. The van der Waals surface area contributed by atoms with Gasteiger partial charge in [0.25, 0.3) is 0 Å². The molecule has 0 unspecified atom stereocenters. The minimum Gasteiger partial charge on any atom is -0.493 e. The quantitative estimate of drug-likeness (QED) is 0.575. The Morgan fingerprint density at radius 3 is 2.94 bits per heavy atom. The molecule has 5 nitrogen and oxygen atoms in total. The molecule has 2 aromatic rings. The molecule has 0 atom stereocenters. The molecule has 1 aromatic heterocycles. The summed E-state index contributed by atoms with van der Waals surface area (Å²) in [6.45, 7) is 2.07.